The number of phenolic OH excluding ortho intramolecular Hbond substituents is 1. The van der Waals surface area contributed by atoms with E-state index >= 15 is 0 Å². The molecule has 0 saturated carbocycles. The molecule has 0 atom stereocenters. The Morgan fingerprint density at radius 1 is 1.08 bits per heavy atom. The molecule has 2 aromatic carbocycles. The molecule has 134 valence electrons. The molecular formula is C19H16ClNO5. The molecule has 0 unspecified atom stereocenters. The largest absolute Gasteiger partial charge is 0.508 e. The number of fused-ring (bicyclic) bond motifs is 1. The zero-order chi connectivity index (χ0) is 18.8. The summed E-state index contributed by atoms with van der Waals surface area (Å²) in [6.45, 7) is 0.260. The number of hydrogen-bond donors (Lipinski definition) is 3. The van der Waals surface area contributed by atoms with Crippen LogP contribution in [0.1, 0.15) is 28.0 Å². The van der Waals surface area contributed by atoms with E-state index < -0.39 is 11.9 Å². The molecule has 0 amide bonds. The molecular weight excluding hydrogens is 358 g/mol. The van der Waals surface area contributed by atoms with Crippen LogP contribution in [0.25, 0.3) is 10.9 Å². The van der Waals surface area contributed by atoms with Gasteiger partial charge in [-0.1, -0.05) is 41.9 Å². The Balaban J connectivity index is 2.28. The number of halogens is 1. The van der Waals surface area contributed by atoms with Crippen molar-refractivity contribution in [2.24, 2.45) is 0 Å². The molecule has 0 radical (unpaired) electrons. The number of phenols is 1. The molecule has 0 bridgehead atoms. The van der Waals surface area contributed by atoms with Gasteiger partial charge in [0.2, 0.25) is 0 Å². The fourth-order valence-electron chi connectivity index (χ4n) is 3.15. The van der Waals surface area contributed by atoms with E-state index in [0.29, 0.717) is 16.5 Å². The number of aromatic carboxylic acids is 1. The Morgan fingerprint density at radius 3 is 2.38 bits per heavy atom. The van der Waals surface area contributed by atoms with Gasteiger partial charge in [0.05, 0.1) is 10.5 Å². The molecule has 0 saturated heterocycles. The summed E-state index contributed by atoms with van der Waals surface area (Å²) in [5, 5.41) is 29.3. The summed E-state index contributed by atoms with van der Waals surface area (Å²) in [6.07, 6.45) is -0.201. The van der Waals surface area contributed by atoms with E-state index in [1.54, 1.807) is 4.57 Å². The van der Waals surface area contributed by atoms with Crippen LogP contribution in [0.15, 0.2) is 42.5 Å². The zero-order valence-electron chi connectivity index (χ0n) is 13.6. The number of aryl methyl sites for hydroxylation is 1. The van der Waals surface area contributed by atoms with Crippen LogP contribution in [0.4, 0.5) is 0 Å². The smallest absolute Gasteiger partial charge is 0.352 e. The van der Waals surface area contributed by atoms with Crippen LogP contribution in [0.3, 0.4) is 0 Å². The first-order valence-electron chi connectivity index (χ1n) is 7.91. The molecule has 0 aliphatic carbocycles. The number of rotatable bonds is 6. The predicted octanol–water partition coefficient (Wildman–Crippen LogP) is 3.76. The predicted molar refractivity (Wildman–Crippen MR) is 97.1 cm³/mol. The van der Waals surface area contributed by atoms with Crippen molar-refractivity contribution in [2.45, 2.75) is 19.4 Å². The molecule has 7 heteroatoms. The molecule has 1 heterocycles. The van der Waals surface area contributed by atoms with Crippen molar-refractivity contribution in [3.05, 3.63) is 64.3 Å². The van der Waals surface area contributed by atoms with E-state index in [2.05, 4.69) is 0 Å². The number of carboxylic acids is 2. The molecule has 1 aromatic heterocycles. The fraction of sp³-hybridized carbons (Fsp3) is 0.158. The lowest BCUT2D eigenvalue weighted by Crippen LogP contribution is -2.12. The first-order chi connectivity index (χ1) is 12.4. The van der Waals surface area contributed by atoms with E-state index in [0.717, 1.165) is 5.56 Å². The minimum Gasteiger partial charge on any atom is -0.508 e. The number of carbonyl (C=O) groups is 2. The normalized spacial score (nSPS) is 11.0. The van der Waals surface area contributed by atoms with Crippen molar-refractivity contribution in [3.8, 4) is 5.75 Å². The number of aromatic hydroxyl groups is 1. The highest BCUT2D eigenvalue weighted by Crippen LogP contribution is 2.36. The summed E-state index contributed by atoms with van der Waals surface area (Å²) in [5.74, 6) is -2.31. The average Bonchev–Trinajstić information content (AvgIpc) is 2.87. The van der Waals surface area contributed by atoms with E-state index in [1.807, 2.05) is 30.3 Å². The summed E-state index contributed by atoms with van der Waals surface area (Å²) in [6, 6.07) is 12.1. The SMILES string of the molecule is O=C(O)CCc1c(C(=O)O)n(Cc2ccccc2)c2c(Cl)cc(O)cc12. The average molecular weight is 374 g/mol. The molecule has 3 aromatic rings. The molecule has 0 spiro atoms. The first kappa shape index (κ1) is 17.8. The van der Waals surface area contributed by atoms with Crippen LogP contribution in [0.2, 0.25) is 5.02 Å². The van der Waals surface area contributed by atoms with Gasteiger partial charge < -0.3 is 19.9 Å². The first-order valence-corrected chi connectivity index (χ1v) is 8.29. The van der Waals surface area contributed by atoms with Gasteiger partial charge in [0, 0.05) is 24.4 Å². The number of aromatic nitrogens is 1. The van der Waals surface area contributed by atoms with Gasteiger partial charge in [-0.15, -0.1) is 0 Å². The van der Waals surface area contributed by atoms with Crippen LogP contribution >= 0.6 is 11.6 Å². The van der Waals surface area contributed by atoms with Crippen molar-refractivity contribution in [2.75, 3.05) is 0 Å². The van der Waals surface area contributed by atoms with Gasteiger partial charge in [0.1, 0.15) is 11.4 Å². The number of benzene rings is 2. The van der Waals surface area contributed by atoms with Gasteiger partial charge in [-0.05, 0) is 23.6 Å². The highest BCUT2D eigenvalue weighted by Gasteiger charge is 2.25. The van der Waals surface area contributed by atoms with Gasteiger partial charge in [0.15, 0.2) is 0 Å². The van der Waals surface area contributed by atoms with Crippen molar-refractivity contribution in [1.29, 1.82) is 0 Å². The second-order valence-electron chi connectivity index (χ2n) is 5.92. The maximum absolute atomic E-state index is 12.0. The molecule has 3 N–H and O–H groups in total. The second kappa shape index (κ2) is 7.09. The highest BCUT2D eigenvalue weighted by atomic mass is 35.5. The van der Waals surface area contributed by atoms with E-state index in [4.69, 9.17) is 16.7 Å². The van der Waals surface area contributed by atoms with Gasteiger partial charge in [-0.25, -0.2) is 4.79 Å². The molecule has 0 fully saturated rings. The van der Waals surface area contributed by atoms with Crippen LogP contribution in [0.5, 0.6) is 5.75 Å². The number of aliphatic carboxylic acids is 1. The highest BCUT2D eigenvalue weighted by molar-refractivity contribution is 6.35. The van der Waals surface area contributed by atoms with Crippen molar-refractivity contribution < 1.29 is 24.9 Å². The van der Waals surface area contributed by atoms with E-state index in [-0.39, 0.29) is 35.9 Å². The fourth-order valence-corrected chi connectivity index (χ4v) is 3.46. The quantitative estimate of drug-likeness (QED) is 0.610. The van der Waals surface area contributed by atoms with Crippen molar-refractivity contribution in [1.82, 2.24) is 4.57 Å². The maximum Gasteiger partial charge on any atom is 0.352 e. The lowest BCUT2D eigenvalue weighted by Gasteiger charge is -2.10. The number of carboxylic acid groups (broad SMARTS) is 2. The third-order valence-electron chi connectivity index (χ3n) is 4.17. The Bertz CT molecular complexity index is 994. The van der Waals surface area contributed by atoms with Crippen LogP contribution in [0, 0.1) is 0 Å². The lowest BCUT2D eigenvalue weighted by molar-refractivity contribution is -0.136. The Morgan fingerprint density at radius 2 is 1.77 bits per heavy atom. The van der Waals surface area contributed by atoms with Crippen molar-refractivity contribution in [3.63, 3.8) is 0 Å². The van der Waals surface area contributed by atoms with Crippen LogP contribution in [-0.4, -0.2) is 31.8 Å². The monoisotopic (exact) mass is 373 g/mol. The number of hydrogen-bond acceptors (Lipinski definition) is 3. The molecule has 6 nitrogen and oxygen atoms in total. The van der Waals surface area contributed by atoms with Crippen LogP contribution < -0.4 is 0 Å². The maximum atomic E-state index is 12.0. The molecule has 3 rings (SSSR count). The Kier molecular flexibility index (Phi) is 4.86. The Hall–Kier alpha value is -2.99. The summed E-state index contributed by atoms with van der Waals surface area (Å²) in [5.41, 5.74) is 1.67. The molecule has 0 aliphatic rings. The van der Waals surface area contributed by atoms with Gasteiger partial charge >= 0.3 is 11.9 Å². The topological polar surface area (TPSA) is 99.8 Å². The van der Waals surface area contributed by atoms with E-state index in [1.165, 1.54) is 12.1 Å². The van der Waals surface area contributed by atoms with Gasteiger partial charge in [0.25, 0.3) is 0 Å². The third-order valence-corrected chi connectivity index (χ3v) is 4.46. The zero-order valence-corrected chi connectivity index (χ0v) is 14.4. The summed E-state index contributed by atoms with van der Waals surface area (Å²) < 4.78 is 1.56. The Labute approximate surface area is 153 Å². The van der Waals surface area contributed by atoms with Gasteiger partial charge in [-0.2, -0.15) is 0 Å². The molecule has 0 aliphatic heterocycles. The summed E-state index contributed by atoms with van der Waals surface area (Å²) >= 11 is 6.30. The minimum atomic E-state index is -1.17. The minimum absolute atomic E-state index is 0.0161. The molecule has 26 heavy (non-hydrogen) atoms. The number of nitrogens with zero attached hydrogens (tertiary/aromatic N) is 1. The van der Waals surface area contributed by atoms with Gasteiger partial charge in [-0.3, -0.25) is 4.79 Å². The summed E-state index contributed by atoms with van der Waals surface area (Å²) in [7, 11) is 0. The van der Waals surface area contributed by atoms with Crippen molar-refractivity contribution >= 4 is 34.4 Å². The second-order valence-corrected chi connectivity index (χ2v) is 6.33. The third kappa shape index (κ3) is 3.36. The summed E-state index contributed by atoms with van der Waals surface area (Å²) in [4.78, 5) is 23.0. The standard InChI is InChI=1S/C19H16ClNO5/c20-15-9-12(22)8-14-13(6-7-16(23)24)18(19(25)26)21(17(14)15)10-11-4-2-1-3-5-11/h1-5,8-9,22H,6-7,10H2,(H,23,24)(H,25,26). The van der Waals surface area contributed by atoms with E-state index in [9.17, 15) is 19.8 Å². The van der Waals surface area contributed by atoms with Crippen LogP contribution in [-0.2, 0) is 17.8 Å². The lowest BCUT2D eigenvalue weighted by atomic mass is 10.1.